The fourth-order valence-electron chi connectivity index (χ4n) is 3.44. The lowest BCUT2D eigenvalue weighted by molar-refractivity contribution is -0.112. The van der Waals surface area contributed by atoms with Crippen LogP contribution in [-0.4, -0.2) is 14.3 Å². The van der Waals surface area contributed by atoms with Crippen LogP contribution in [0.25, 0.3) is 16.8 Å². The van der Waals surface area contributed by atoms with Crippen molar-refractivity contribution < 1.29 is 17.4 Å². The van der Waals surface area contributed by atoms with E-state index in [1.807, 2.05) is 49.4 Å². The lowest BCUT2D eigenvalue weighted by Crippen LogP contribution is -2.13. The average molecular weight is 626 g/mol. The van der Waals surface area contributed by atoms with Gasteiger partial charge in [0.2, 0.25) is 0 Å². The average Bonchev–Trinajstić information content (AvgIpc) is 2.85. The van der Waals surface area contributed by atoms with Crippen LogP contribution in [0.4, 0.5) is 5.69 Å². The van der Waals surface area contributed by atoms with E-state index in [4.69, 9.17) is 4.18 Å². The van der Waals surface area contributed by atoms with Crippen LogP contribution in [0.1, 0.15) is 11.1 Å². The number of nitrogens with one attached hydrogen (secondary N) is 1. The lowest BCUT2D eigenvalue weighted by Gasteiger charge is -2.12. The Morgan fingerprint density at radius 3 is 2.28 bits per heavy atom. The minimum absolute atomic E-state index is 0.0211. The summed E-state index contributed by atoms with van der Waals surface area (Å²) in [7, 11) is -4.07. The Hall–Kier alpha value is -3.45. The minimum atomic E-state index is -4.07. The molecule has 0 bridgehead atoms. The van der Waals surface area contributed by atoms with Crippen molar-refractivity contribution in [2.75, 3.05) is 5.32 Å². The highest BCUT2D eigenvalue weighted by Crippen LogP contribution is 2.37. The zero-order valence-electron chi connectivity index (χ0n) is 18.8. The zero-order valence-corrected chi connectivity index (χ0v) is 22.8. The molecule has 4 rings (SSSR count). The summed E-state index contributed by atoms with van der Waals surface area (Å²) < 4.78 is 31.4. The number of carbonyl (C=O) groups excluding carboxylic acids is 1. The van der Waals surface area contributed by atoms with Crippen molar-refractivity contribution in [1.82, 2.24) is 0 Å². The second-order valence-electron chi connectivity index (χ2n) is 7.81. The Balaban J connectivity index is 1.60. The van der Waals surface area contributed by atoms with E-state index in [0.717, 1.165) is 16.3 Å². The predicted octanol–water partition coefficient (Wildman–Crippen LogP) is 6.99. The predicted molar refractivity (Wildman–Crippen MR) is 147 cm³/mol. The Bertz CT molecular complexity index is 1630. The maximum Gasteiger partial charge on any atom is 0.339 e. The third kappa shape index (κ3) is 5.68. The molecule has 0 aromatic heterocycles. The molecule has 0 spiro atoms. The number of halogens is 2. The number of amides is 1. The smallest absolute Gasteiger partial charge is 0.339 e. The van der Waals surface area contributed by atoms with Crippen molar-refractivity contribution in [2.24, 2.45) is 0 Å². The molecule has 1 N–H and O–H groups in total. The summed E-state index contributed by atoms with van der Waals surface area (Å²) in [6.07, 6.45) is 1.41. The van der Waals surface area contributed by atoms with Gasteiger partial charge in [0.25, 0.3) is 5.91 Å². The van der Waals surface area contributed by atoms with Gasteiger partial charge >= 0.3 is 10.1 Å². The number of hydrogen-bond donors (Lipinski definition) is 1. The molecule has 0 atom stereocenters. The first-order chi connectivity index (χ1) is 17.2. The van der Waals surface area contributed by atoms with Gasteiger partial charge in [-0.3, -0.25) is 4.79 Å². The summed E-state index contributed by atoms with van der Waals surface area (Å²) in [5.74, 6) is -0.519. The Morgan fingerprint density at radius 1 is 0.972 bits per heavy atom. The summed E-state index contributed by atoms with van der Waals surface area (Å²) in [4.78, 5) is 12.9. The zero-order chi connectivity index (χ0) is 25.9. The second-order valence-corrected chi connectivity index (χ2v) is 11.1. The van der Waals surface area contributed by atoms with Crippen LogP contribution in [0.2, 0.25) is 0 Å². The molecule has 1 amide bonds. The number of nitriles is 1. The third-order valence-corrected chi connectivity index (χ3v) is 7.65. The number of fused-ring (bicyclic) bond motifs is 1. The van der Waals surface area contributed by atoms with Gasteiger partial charge in [-0.25, -0.2) is 0 Å². The maximum atomic E-state index is 12.9. The molecule has 0 aliphatic rings. The van der Waals surface area contributed by atoms with Gasteiger partial charge in [0.1, 0.15) is 16.5 Å². The fraction of sp³-hybridized carbons (Fsp3) is 0.0370. The molecule has 4 aromatic carbocycles. The van der Waals surface area contributed by atoms with Crippen LogP contribution >= 0.6 is 31.9 Å². The first-order valence-electron chi connectivity index (χ1n) is 10.6. The molecule has 6 nitrogen and oxygen atoms in total. The molecular formula is C27H18Br2N2O4S. The highest BCUT2D eigenvalue weighted by atomic mass is 79.9. The van der Waals surface area contributed by atoms with E-state index in [0.29, 0.717) is 20.2 Å². The van der Waals surface area contributed by atoms with Gasteiger partial charge in [0, 0.05) is 11.1 Å². The van der Waals surface area contributed by atoms with Crippen LogP contribution in [0, 0.1) is 18.3 Å². The van der Waals surface area contributed by atoms with E-state index in [1.54, 1.807) is 30.3 Å². The molecular weight excluding hydrogens is 608 g/mol. The van der Waals surface area contributed by atoms with Crippen molar-refractivity contribution >= 4 is 70.4 Å². The summed E-state index contributed by atoms with van der Waals surface area (Å²) in [6, 6.07) is 24.5. The van der Waals surface area contributed by atoms with Gasteiger partial charge in [-0.2, -0.15) is 13.7 Å². The summed E-state index contributed by atoms with van der Waals surface area (Å²) >= 11 is 6.66. The molecule has 9 heteroatoms. The highest BCUT2D eigenvalue weighted by molar-refractivity contribution is 9.11. The van der Waals surface area contributed by atoms with Gasteiger partial charge in [-0.1, -0.05) is 54.1 Å². The molecule has 0 aliphatic carbocycles. The van der Waals surface area contributed by atoms with Gasteiger partial charge < -0.3 is 9.50 Å². The Labute approximate surface area is 225 Å². The van der Waals surface area contributed by atoms with E-state index in [1.165, 1.54) is 18.2 Å². The Kier molecular flexibility index (Phi) is 7.59. The molecule has 0 aliphatic heterocycles. The maximum absolute atomic E-state index is 12.9. The van der Waals surface area contributed by atoms with E-state index < -0.39 is 16.0 Å². The molecule has 0 saturated carbocycles. The number of anilines is 1. The number of benzene rings is 4. The third-order valence-electron chi connectivity index (χ3n) is 5.24. The monoisotopic (exact) mass is 624 g/mol. The first-order valence-corrected chi connectivity index (χ1v) is 13.6. The minimum Gasteiger partial charge on any atom is -0.377 e. The van der Waals surface area contributed by atoms with Crippen molar-refractivity contribution in [3.63, 3.8) is 0 Å². The van der Waals surface area contributed by atoms with Crippen LogP contribution in [0.15, 0.2) is 98.3 Å². The van der Waals surface area contributed by atoms with Crippen LogP contribution in [0.3, 0.4) is 0 Å². The van der Waals surface area contributed by atoms with Crippen molar-refractivity contribution in [2.45, 2.75) is 11.8 Å². The molecule has 0 radical (unpaired) electrons. The largest absolute Gasteiger partial charge is 0.377 e. The van der Waals surface area contributed by atoms with Gasteiger partial charge in [0.05, 0.1) is 8.95 Å². The van der Waals surface area contributed by atoms with Gasteiger partial charge in [-0.05, 0) is 86.1 Å². The first kappa shape index (κ1) is 25.6. The van der Waals surface area contributed by atoms with Crippen molar-refractivity contribution in [3.05, 3.63) is 105 Å². The topological polar surface area (TPSA) is 96.3 Å². The number of hydrogen-bond acceptors (Lipinski definition) is 5. The van der Waals surface area contributed by atoms with Crippen LogP contribution in [0.5, 0.6) is 5.75 Å². The lowest BCUT2D eigenvalue weighted by atomic mass is 10.1. The standard InChI is InChI=1S/C27H18Br2N2O4S/c1-17-9-11-21(12-10-17)36(33,34)35-26-23(28)14-18(15-24(26)29)13-20(16-30)27(32)31-25-8-4-6-19-5-2-3-7-22(19)25/h2-15H,1H3,(H,31,32)/b20-13+. The Morgan fingerprint density at radius 2 is 1.61 bits per heavy atom. The molecule has 0 fully saturated rings. The number of carbonyl (C=O) groups is 1. The molecule has 180 valence electrons. The van der Waals surface area contributed by atoms with E-state index in [2.05, 4.69) is 37.2 Å². The molecule has 36 heavy (non-hydrogen) atoms. The normalized spacial score (nSPS) is 11.7. The highest BCUT2D eigenvalue weighted by Gasteiger charge is 2.21. The van der Waals surface area contributed by atoms with E-state index in [-0.39, 0.29) is 16.2 Å². The fourth-order valence-corrected chi connectivity index (χ4v) is 6.01. The second kappa shape index (κ2) is 10.7. The van der Waals surface area contributed by atoms with E-state index in [9.17, 15) is 18.5 Å². The number of rotatable bonds is 6. The van der Waals surface area contributed by atoms with Gasteiger partial charge in [-0.15, -0.1) is 0 Å². The molecule has 0 unspecified atom stereocenters. The van der Waals surface area contributed by atoms with Gasteiger partial charge in [0.15, 0.2) is 5.75 Å². The van der Waals surface area contributed by atoms with E-state index >= 15 is 0 Å². The number of nitrogens with zero attached hydrogens (tertiary/aromatic N) is 1. The summed E-state index contributed by atoms with van der Waals surface area (Å²) in [5, 5.41) is 14.2. The van der Waals surface area contributed by atoms with Crippen molar-refractivity contribution in [1.29, 1.82) is 5.26 Å². The summed E-state index contributed by atoms with van der Waals surface area (Å²) in [5.41, 5.74) is 1.87. The SMILES string of the molecule is Cc1ccc(S(=O)(=O)Oc2c(Br)cc(/C=C(\C#N)C(=O)Nc3cccc4ccccc34)cc2Br)cc1. The van der Waals surface area contributed by atoms with Crippen LogP contribution in [-0.2, 0) is 14.9 Å². The van der Waals surface area contributed by atoms with Crippen LogP contribution < -0.4 is 9.50 Å². The summed E-state index contributed by atoms with van der Waals surface area (Å²) in [6.45, 7) is 1.86. The quantitative estimate of drug-likeness (QED) is 0.142. The molecule has 0 heterocycles. The molecule has 4 aromatic rings. The molecule has 0 saturated heterocycles. The number of aryl methyl sites for hydroxylation is 1. The van der Waals surface area contributed by atoms with Crippen molar-refractivity contribution in [3.8, 4) is 11.8 Å².